The van der Waals surface area contributed by atoms with Crippen LogP contribution in [0.5, 0.6) is 11.5 Å². The Morgan fingerprint density at radius 3 is 2.09 bits per heavy atom. The smallest absolute Gasteiger partial charge is 0.262 e. The maximum absolute atomic E-state index is 13.3. The fourth-order valence-corrected chi connectivity index (χ4v) is 8.25. The molecular weight excluding hydrogens is 676 g/mol. The molecule has 53 heavy (non-hydrogen) atoms. The Kier molecular flexibility index (Phi) is 10.4. The predicted molar refractivity (Wildman–Crippen MR) is 199 cm³/mol. The summed E-state index contributed by atoms with van der Waals surface area (Å²) in [6.07, 6.45) is 5.51. The van der Waals surface area contributed by atoms with E-state index in [1.807, 2.05) is 37.4 Å². The van der Waals surface area contributed by atoms with E-state index in [0.717, 1.165) is 110 Å². The Labute approximate surface area is 309 Å². The highest BCUT2D eigenvalue weighted by atomic mass is 16.5. The Balaban J connectivity index is 0.891. The van der Waals surface area contributed by atoms with Crippen LogP contribution in [-0.2, 0) is 23.2 Å². The lowest BCUT2D eigenvalue weighted by molar-refractivity contribution is -0.136. The third-order valence-electron chi connectivity index (χ3n) is 11.4. The van der Waals surface area contributed by atoms with E-state index in [1.54, 1.807) is 38.0 Å². The number of anilines is 1. The minimum Gasteiger partial charge on any atom is -0.496 e. The molecule has 280 valence electrons. The summed E-state index contributed by atoms with van der Waals surface area (Å²) in [5, 5.41) is 2.25. The maximum atomic E-state index is 13.3. The van der Waals surface area contributed by atoms with Crippen LogP contribution in [0, 0.1) is 12.8 Å². The molecule has 1 N–H and O–H groups in total. The standard InChI is InChI=1S/C40H48N6O7/c1-25-19-28(23-42(2)38(25)49)27-20-34(52-3)32(35(21-27)53-4)24-44-13-10-26(11-14-44)9-12-43-15-17-45(18-16-43)29-5-6-30-31(22-29)40(51)46(39(30)50)33-7-8-36(47)41-37(33)48/h5-6,19-23,26,33H,7-18,24H2,1-4H3,(H,41,47,48). The first-order valence-corrected chi connectivity index (χ1v) is 18.5. The van der Waals surface area contributed by atoms with Gasteiger partial charge in [0.15, 0.2) is 0 Å². The minimum absolute atomic E-state index is 0.00924. The number of carbonyl (C=O) groups excluding carboxylic acids is 4. The number of hydrogen-bond donors (Lipinski definition) is 1. The molecule has 0 aliphatic carbocycles. The van der Waals surface area contributed by atoms with E-state index in [-0.39, 0.29) is 24.3 Å². The van der Waals surface area contributed by atoms with Gasteiger partial charge in [-0.3, -0.25) is 44.0 Å². The molecule has 3 fully saturated rings. The number of pyridine rings is 1. The Morgan fingerprint density at radius 2 is 1.45 bits per heavy atom. The van der Waals surface area contributed by atoms with Crippen LogP contribution in [0.15, 0.2) is 47.4 Å². The third-order valence-corrected chi connectivity index (χ3v) is 11.4. The van der Waals surface area contributed by atoms with E-state index < -0.39 is 23.8 Å². The Hall–Kier alpha value is -5.01. The molecule has 4 aliphatic heterocycles. The van der Waals surface area contributed by atoms with Crippen molar-refractivity contribution < 1.29 is 28.7 Å². The number of hydrogen-bond acceptors (Lipinski definition) is 10. The number of carbonyl (C=O) groups is 4. The fraction of sp³-hybridized carbons (Fsp3) is 0.475. The SMILES string of the molecule is COc1cc(-c2cc(C)c(=O)n(C)c2)cc(OC)c1CN1CCC(CCN2CCN(c3ccc4c(c3)C(=O)N(C3CCC(=O)NC3=O)C4=O)CC2)CC1. The minimum atomic E-state index is -0.964. The van der Waals surface area contributed by atoms with Crippen molar-refractivity contribution in [1.29, 1.82) is 0 Å². The van der Waals surface area contributed by atoms with Gasteiger partial charge >= 0.3 is 0 Å². The molecular formula is C40H48N6O7. The van der Waals surface area contributed by atoms with Gasteiger partial charge in [-0.15, -0.1) is 0 Å². The number of imide groups is 2. The van der Waals surface area contributed by atoms with Crippen LogP contribution in [0.1, 0.15) is 63.9 Å². The molecule has 1 unspecified atom stereocenters. The molecule has 4 amide bonds. The number of aromatic nitrogens is 1. The number of rotatable bonds is 10. The molecule has 1 aromatic heterocycles. The number of amides is 4. The van der Waals surface area contributed by atoms with Crippen LogP contribution in [0.4, 0.5) is 5.69 Å². The zero-order valence-electron chi connectivity index (χ0n) is 31.0. The molecule has 0 saturated carbocycles. The summed E-state index contributed by atoms with van der Waals surface area (Å²) in [6, 6.07) is 10.4. The predicted octanol–water partition coefficient (Wildman–Crippen LogP) is 3.20. The highest BCUT2D eigenvalue weighted by Crippen LogP contribution is 2.37. The molecule has 5 heterocycles. The van der Waals surface area contributed by atoms with Crippen molar-refractivity contribution >= 4 is 29.3 Å². The molecule has 0 spiro atoms. The van der Waals surface area contributed by atoms with E-state index in [1.165, 1.54) is 0 Å². The highest BCUT2D eigenvalue weighted by molar-refractivity contribution is 6.23. The van der Waals surface area contributed by atoms with Crippen molar-refractivity contribution in [3.63, 3.8) is 0 Å². The number of aryl methyl sites for hydroxylation is 2. The average molecular weight is 725 g/mol. The van der Waals surface area contributed by atoms with Gasteiger partial charge in [-0.1, -0.05) is 0 Å². The largest absolute Gasteiger partial charge is 0.496 e. The number of fused-ring (bicyclic) bond motifs is 1. The number of benzene rings is 2. The van der Waals surface area contributed by atoms with E-state index in [4.69, 9.17) is 9.47 Å². The van der Waals surface area contributed by atoms with Crippen LogP contribution >= 0.6 is 0 Å². The molecule has 0 bridgehead atoms. The van der Waals surface area contributed by atoms with Gasteiger partial charge in [0.2, 0.25) is 11.8 Å². The summed E-state index contributed by atoms with van der Waals surface area (Å²) in [4.78, 5) is 70.9. The van der Waals surface area contributed by atoms with Gasteiger partial charge in [-0.25, -0.2) is 0 Å². The maximum Gasteiger partial charge on any atom is 0.262 e. The number of piperazine rings is 1. The molecule has 1 atom stereocenters. The number of ether oxygens (including phenoxy) is 2. The van der Waals surface area contributed by atoms with E-state index >= 15 is 0 Å². The number of nitrogens with one attached hydrogen (secondary N) is 1. The monoisotopic (exact) mass is 724 g/mol. The summed E-state index contributed by atoms with van der Waals surface area (Å²) in [7, 11) is 5.14. The summed E-state index contributed by atoms with van der Waals surface area (Å²) >= 11 is 0. The number of nitrogens with zero attached hydrogens (tertiary/aromatic N) is 5. The van der Waals surface area contributed by atoms with Gasteiger partial charge in [0.25, 0.3) is 17.4 Å². The van der Waals surface area contributed by atoms with Gasteiger partial charge < -0.3 is 18.9 Å². The topological polar surface area (TPSA) is 134 Å². The third kappa shape index (κ3) is 7.32. The molecule has 3 aromatic rings. The van der Waals surface area contributed by atoms with Crippen molar-refractivity contribution in [2.24, 2.45) is 13.0 Å². The van der Waals surface area contributed by atoms with Gasteiger partial charge in [-0.05, 0) is 106 Å². The molecule has 3 saturated heterocycles. The zero-order valence-corrected chi connectivity index (χ0v) is 31.0. The van der Waals surface area contributed by atoms with Crippen molar-refractivity contribution in [2.45, 2.75) is 51.6 Å². The Bertz CT molecular complexity index is 1940. The first kappa shape index (κ1) is 36.4. The van der Waals surface area contributed by atoms with Crippen LogP contribution < -0.4 is 25.2 Å². The summed E-state index contributed by atoms with van der Waals surface area (Å²) in [5.41, 5.74) is 5.10. The van der Waals surface area contributed by atoms with Crippen molar-refractivity contribution in [3.05, 3.63) is 75.2 Å². The van der Waals surface area contributed by atoms with Crippen LogP contribution in [0.2, 0.25) is 0 Å². The lowest BCUT2D eigenvalue weighted by Crippen LogP contribution is -2.54. The first-order chi connectivity index (χ1) is 25.5. The molecule has 4 aliphatic rings. The molecule has 7 rings (SSSR count). The summed E-state index contributed by atoms with van der Waals surface area (Å²) < 4.78 is 13.3. The number of methoxy groups -OCH3 is 2. The lowest BCUT2D eigenvalue weighted by atomic mass is 9.92. The Morgan fingerprint density at radius 1 is 0.774 bits per heavy atom. The lowest BCUT2D eigenvalue weighted by Gasteiger charge is -2.38. The molecule has 2 aromatic carbocycles. The fourth-order valence-electron chi connectivity index (χ4n) is 8.25. The van der Waals surface area contributed by atoms with E-state index in [2.05, 4.69) is 20.0 Å². The second-order valence-electron chi connectivity index (χ2n) is 14.7. The first-order valence-electron chi connectivity index (χ1n) is 18.5. The normalized spacial score (nSPS) is 20.2. The van der Waals surface area contributed by atoms with Gasteiger partial charge in [0.1, 0.15) is 17.5 Å². The zero-order chi connectivity index (χ0) is 37.4. The van der Waals surface area contributed by atoms with Gasteiger partial charge in [0.05, 0.1) is 30.9 Å². The number of likely N-dealkylation sites (tertiary alicyclic amines) is 1. The van der Waals surface area contributed by atoms with Gasteiger partial charge in [-0.2, -0.15) is 0 Å². The molecule has 0 radical (unpaired) electrons. The summed E-state index contributed by atoms with van der Waals surface area (Å²) in [6.45, 7) is 9.10. The quantitative estimate of drug-likeness (QED) is 0.311. The highest BCUT2D eigenvalue weighted by Gasteiger charge is 2.44. The van der Waals surface area contributed by atoms with Crippen LogP contribution in [-0.4, -0.2) is 109 Å². The van der Waals surface area contributed by atoms with Crippen molar-refractivity contribution in [2.75, 3.05) is 64.9 Å². The van der Waals surface area contributed by atoms with E-state index in [9.17, 15) is 24.0 Å². The van der Waals surface area contributed by atoms with Crippen LogP contribution in [0.25, 0.3) is 11.1 Å². The van der Waals surface area contributed by atoms with Crippen molar-refractivity contribution in [3.8, 4) is 22.6 Å². The molecule has 13 nitrogen and oxygen atoms in total. The summed E-state index contributed by atoms with van der Waals surface area (Å²) in [5.74, 6) is 0.275. The molecule has 13 heteroatoms. The van der Waals surface area contributed by atoms with E-state index in [0.29, 0.717) is 22.6 Å². The second-order valence-corrected chi connectivity index (χ2v) is 14.7. The van der Waals surface area contributed by atoms with Gasteiger partial charge in [0, 0.05) is 63.6 Å². The number of piperidine rings is 2. The average Bonchev–Trinajstić information content (AvgIpc) is 3.41. The second kappa shape index (κ2) is 15.2. The van der Waals surface area contributed by atoms with Crippen LogP contribution in [0.3, 0.4) is 0 Å². The van der Waals surface area contributed by atoms with Crippen molar-refractivity contribution in [1.82, 2.24) is 24.6 Å².